The van der Waals surface area contributed by atoms with Crippen molar-refractivity contribution in [2.24, 2.45) is 0 Å². The molecule has 0 bridgehead atoms. The third-order valence-electron chi connectivity index (χ3n) is 3.76. The molecule has 4 nitrogen and oxygen atoms in total. The molecule has 0 aliphatic carbocycles. The first-order chi connectivity index (χ1) is 9.29. The number of nitrogen functional groups attached to an aromatic ring is 1. The Morgan fingerprint density at radius 2 is 1.80 bits per heavy atom. The molecule has 1 aliphatic heterocycles. The summed E-state index contributed by atoms with van der Waals surface area (Å²) in [7, 11) is 0. The molecular weight excluding hydrogens is 274 g/mol. The third-order valence-corrected chi connectivity index (χ3v) is 4.10. The first-order valence-electron chi connectivity index (χ1n) is 6.88. The van der Waals surface area contributed by atoms with Crippen molar-refractivity contribution < 1.29 is 4.79 Å². The van der Waals surface area contributed by atoms with Gasteiger partial charge in [0.05, 0.1) is 10.7 Å². The number of halogens is 1. The van der Waals surface area contributed by atoms with E-state index in [4.69, 9.17) is 17.3 Å². The molecule has 1 aromatic rings. The molecule has 1 fully saturated rings. The molecule has 1 amide bonds. The van der Waals surface area contributed by atoms with Crippen molar-refractivity contribution in [2.75, 3.05) is 31.9 Å². The van der Waals surface area contributed by atoms with Gasteiger partial charge in [-0.05, 0) is 39.0 Å². The zero-order valence-electron chi connectivity index (χ0n) is 12.3. The predicted octanol–water partition coefficient (Wildman–Crippen LogP) is 2.48. The zero-order chi connectivity index (χ0) is 14.9. The van der Waals surface area contributed by atoms with E-state index < -0.39 is 0 Å². The number of benzene rings is 1. The van der Waals surface area contributed by atoms with E-state index in [9.17, 15) is 4.79 Å². The smallest absolute Gasteiger partial charge is 0.254 e. The van der Waals surface area contributed by atoms with Gasteiger partial charge in [0.2, 0.25) is 0 Å². The van der Waals surface area contributed by atoms with Crippen molar-refractivity contribution in [1.82, 2.24) is 9.80 Å². The number of carbonyl (C=O) groups is 1. The molecule has 5 heteroatoms. The molecule has 110 valence electrons. The van der Waals surface area contributed by atoms with Crippen molar-refractivity contribution in [3.8, 4) is 0 Å². The van der Waals surface area contributed by atoms with Crippen LogP contribution in [0, 0.1) is 0 Å². The average molecular weight is 296 g/mol. The highest BCUT2D eigenvalue weighted by Crippen LogP contribution is 2.21. The fraction of sp³-hybridized carbons (Fsp3) is 0.533. The second kappa shape index (κ2) is 5.62. The lowest BCUT2D eigenvalue weighted by atomic mass is 10.0. The van der Waals surface area contributed by atoms with Gasteiger partial charge in [-0.15, -0.1) is 0 Å². The number of piperazine rings is 1. The van der Waals surface area contributed by atoms with Crippen LogP contribution in [0.3, 0.4) is 0 Å². The second-order valence-electron chi connectivity index (χ2n) is 6.19. The minimum absolute atomic E-state index is 0.0296. The van der Waals surface area contributed by atoms with Gasteiger partial charge in [0, 0.05) is 37.3 Å². The highest BCUT2D eigenvalue weighted by Gasteiger charge is 2.28. The molecule has 0 saturated carbocycles. The monoisotopic (exact) mass is 295 g/mol. The van der Waals surface area contributed by atoms with Crippen LogP contribution in [0.1, 0.15) is 31.1 Å². The van der Waals surface area contributed by atoms with E-state index >= 15 is 0 Å². The van der Waals surface area contributed by atoms with Gasteiger partial charge in [0.1, 0.15) is 0 Å². The summed E-state index contributed by atoms with van der Waals surface area (Å²) >= 11 is 5.88. The van der Waals surface area contributed by atoms with Crippen LogP contribution in [0.15, 0.2) is 18.2 Å². The Hall–Kier alpha value is -1.26. The standard InChI is InChI=1S/C15H22ClN3O/c1-15(2,3)19-8-6-18(7-9-19)14(20)11-4-5-12(16)13(17)10-11/h4-5,10H,6-9,17H2,1-3H3. The van der Waals surface area contributed by atoms with E-state index in [1.54, 1.807) is 18.2 Å². The highest BCUT2D eigenvalue weighted by molar-refractivity contribution is 6.33. The first kappa shape index (κ1) is 15.1. The summed E-state index contributed by atoms with van der Waals surface area (Å²) in [6.45, 7) is 9.90. The van der Waals surface area contributed by atoms with Crippen LogP contribution in [-0.4, -0.2) is 47.4 Å². The summed E-state index contributed by atoms with van der Waals surface area (Å²) < 4.78 is 0. The lowest BCUT2D eigenvalue weighted by Gasteiger charge is -2.42. The number of carbonyl (C=O) groups excluding carboxylic acids is 1. The summed E-state index contributed by atoms with van der Waals surface area (Å²) in [6.07, 6.45) is 0. The van der Waals surface area contributed by atoms with Crippen molar-refractivity contribution in [3.05, 3.63) is 28.8 Å². The quantitative estimate of drug-likeness (QED) is 0.810. The number of hydrogen-bond acceptors (Lipinski definition) is 3. The Bertz CT molecular complexity index is 502. The Labute approximate surface area is 125 Å². The van der Waals surface area contributed by atoms with Crippen LogP contribution in [0.5, 0.6) is 0 Å². The summed E-state index contributed by atoms with van der Waals surface area (Å²) in [6, 6.07) is 5.06. The molecule has 1 aromatic carbocycles. The molecule has 0 radical (unpaired) electrons. The van der Waals surface area contributed by atoms with E-state index in [0.29, 0.717) is 16.3 Å². The maximum absolute atomic E-state index is 12.4. The van der Waals surface area contributed by atoms with Crippen molar-refractivity contribution in [3.63, 3.8) is 0 Å². The number of rotatable bonds is 1. The Morgan fingerprint density at radius 3 is 2.30 bits per heavy atom. The van der Waals surface area contributed by atoms with Gasteiger partial charge in [0.25, 0.3) is 5.91 Å². The molecule has 1 heterocycles. The van der Waals surface area contributed by atoms with Gasteiger partial charge in [0.15, 0.2) is 0 Å². The Morgan fingerprint density at radius 1 is 1.20 bits per heavy atom. The van der Waals surface area contributed by atoms with E-state index in [1.165, 1.54) is 0 Å². The van der Waals surface area contributed by atoms with E-state index in [2.05, 4.69) is 25.7 Å². The van der Waals surface area contributed by atoms with Gasteiger partial charge in [-0.25, -0.2) is 0 Å². The van der Waals surface area contributed by atoms with Gasteiger partial charge in [-0.1, -0.05) is 11.6 Å². The average Bonchev–Trinajstić information content (AvgIpc) is 2.40. The molecule has 1 aliphatic rings. The van der Waals surface area contributed by atoms with E-state index in [-0.39, 0.29) is 11.4 Å². The maximum atomic E-state index is 12.4. The maximum Gasteiger partial charge on any atom is 0.254 e. The van der Waals surface area contributed by atoms with Gasteiger partial charge in [-0.3, -0.25) is 9.69 Å². The third kappa shape index (κ3) is 3.25. The molecular formula is C15H22ClN3O. The molecule has 0 spiro atoms. The molecule has 1 saturated heterocycles. The summed E-state index contributed by atoms with van der Waals surface area (Å²) in [5, 5.41) is 0.485. The molecule has 0 atom stereocenters. The molecule has 2 rings (SSSR count). The van der Waals surface area contributed by atoms with Crippen LogP contribution in [0.25, 0.3) is 0 Å². The largest absolute Gasteiger partial charge is 0.398 e. The number of amides is 1. The number of anilines is 1. The van der Waals surface area contributed by atoms with Gasteiger partial charge in [-0.2, -0.15) is 0 Å². The summed E-state index contributed by atoms with van der Waals surface area (Å²) in [4.78, 5) is 16.7. The number of hydrogen-bond donors (Lipinski definition) is 1. The van der Waals surface area contributed by atoms with E-state index in [0.717, 1.165) is 26.2 Å². The van der Waals surface area contributed by atoms with Crippen LogP contribution in [0.4, 0.5) is 5.69 Å². The van der Waals surface area contributed by atoms with Crippen LogP contribution in [0.2, 0.25) is 5.02 Å². The summed E-state index contributed by atoms with van der Waals surface area (Å²) in [5.74, 6) is 0.0296. The second-order valence-corrected chi connectivity index (χ2v) is 6.59. The van der Waals surface area contributed by atoms with Crippen LogP contribution >= 0.6 is 11.6 Å². The topological polar surface area (TPSA) is 49.6 Å². The zero-order valence-corrected chi connectivity index (χ0v) is 13.1. The van der Waals surface area contributed by atoms with Gasteiger partial charge < -0.3 is 10.6 Å². The minimum Gasteiger partial charge on any atom is -0.398 e. The predicted molar refractivity (Wildman–Crippen MR) is 83.1 cm³/mol. The lowest BCUT2D eigenvalue weighted by molar-refractivity contribution is 0.0451. The molecule has 20 heavy (non-hydrogen) atoms. The fourth-order valence-corrected chi connectivity index (χ4v) is 2.56. The lowest BCUT2D eigenvalue weighted by Crippen LogP contribution is -2.54. The van der Waals surface area contributed by atoms with Gasteiger partial charge >= 0.3 is 0 Å². The SMILES string of the molecule is CC(C)(C)N1CCN(C(=O)c2ccc(Cl)c(N)c2)CC1. The minimum atomic E-state index is 0.0296. The van der Waals surface area contributed by atoms with Crippen LogP contribution < -0.4 is 5.73 Å². The van der Waals surface area contributed by atoms with Crippen molar-refractivity contribution in [1.29, 1.82) is 0 Å². The number of nitrogens with zero attached hydrogens (tertiary/aromatic N) is 2. The Kier molecular flexibility index (Phi) is 4.25. The normalized spacial score (nSPS) is 17.3. The highest BCUT2D eigenvalue weighted by atomic mass is 35.5. The number of nitrogens with two attached hydrogens (primary N) is 1. The van der Waals surface area contributed by atoms with E-state index in [1.807, 2.05) is 4.90 Å². The van der Waals surface area contributed by atoms with Crippen LogP contribution in [-0.2, 0) is 0 Å². The summed E-state index contributed by atoms with van der Waals surface area (Å²) in [5.41, 5.74) is 6.97. The van der Waals surface area contributed by atoms with Crippen molar-refractivity contribution in [2.45, 2.75) is 26.3 Å². The molecule has 2 N–H and O–H groups in total. The first-order valence-corrected chi connectivity index (χ1v) is 7.26. The molecule has 0 aromatic heterocycles. The fourth-order valence-electron chi connectivity index (χ4n) is 2.44. The molecule has 0 unspecified atom stereocenters. The Balaban J connectivity index is 2.03. The van der Waals surface area contributed by atoms with Crippen molar-refractivity contribution >= 4 is 23.2 Å².